The Morgan fingerprint density at radius 3 is 2.29 bits per heavy atom. The van der Waals surface area contributed by atoms with Crippen molar-refractivity contribution in [3.8, 4) is 0 Å². The zero-order valence-electron chi connectivity index (χ0n) is 18.4. The quantitative estimate of drug-likeness (QED) is 0.593. The van der Waals surface area contributed by atoms with E-state index in [0.717, 1.165) is 28.4 Å². The maximum Gasteiger partial charge on any atom is 0.243 e. The second-order valence-electron chi connectivity index (χ2n) is 8.04. The van der Waals surface area contributed by atoms with Gasteiger partial charge in [-0.1, -0.05) is 30.3 Å². The highest BCUT2D eigenvalue weighted by Gasteiger charge is 2.27. The second-order valence-corrected chi connectivity index (χ2v) is 10.1. The van der Waals surface area contributed by atoms with Crippen LogP contribution < -0.4 is 4.90 Å². The number of hydrogen-bond acceptors (Lipinski definition) is 5. The molecule has 168 valence electrons. The molecule has 1 fully saturated rings. The zero-order valence-corrected chi connectivity index (χ0v) is 19.2. The molecular formula is C23H31N3O4S. The summed E-state index contributed by atoms with van der Waals surface area (Å²) < 4.78 is 32.5. The number of rotatable bonds is 9. The molecule has 3 rings (SSSR count). The number of ether oxygens (including phenoxy) is 1. The monoisotopic (exact) mass is 445 g/mol. The van der Waals surface area contributed by atoms with Gasteiger partial charge in [-0.3, -0.25) is 4.79 Å². The molecule has 0 radical (unpaired) electrons. The van der Waals surface area contributed by atoms with E-state index in [1.165, 1.54) is 19.2 Å². The number of amides is 1. The molecule has 0 aromatic heterocycles. The van der Waals surface area contributed by atoms with Gasteiger partial charge < -0.3 is 14.5 Å². The first kappa shape index (κ1) is 23.2. The number of nitrogens with zero attached hydrogens (tertiary/aromatic N) is 3. The van der Waals surface area contributed by atoms with E-state index in [1.54, 1.807) is 23.1 Å². The van der Waals surface area contributed by atoms with Crippen LogP contribution in [0.2, 0.25) is 0 Å². The summed E-state index contributed by atoms with van der Waals surface area (Å²) in [5, 5.41) is 0. The summed E-state index contributed by atoms with van der Waals surface area (Å²) in [6, 6.07) is 16.2. The Morgan fingerprint density at radius 2 is 1.71 bits per heavy atom. The van der Waals surface area contributed by atoms with Gasteiger partial charge in [0.25, 0.3) is 0 Å². The van der Waals surface area contributed by atoms with Crippen molar-refractivity contribution < 1.29 is 17.9 Å². The van der Waals surface area contributed by atoms with Crippen LogP contribution >= 0.6 is 0 Å². The molecule has 1 aliphatic rings. The Kier molecular flexibility index (Phi) is 7.69. The van der Waals surface area contributed by atoms with Crippen molar-refractivity contribution in [2.45, 2.75) is 30.4 Å². The number of anilines is 1. The van der Waals surface area contributed by atoms with Crippen molar-refractivity contribution in [1.82, 2.24) is 9.21 Å². The molecule has 1 heterocycles. The summed E-state index contributed by atoms with van der Waals surface area (Å²) in [5.74, 6) is -0.241. The van der Waals surface area contributed by atoms with Gasteiger partial charge in [-0.05, 0) is 42.7 Å². The van der Waals surface area contributed by atoms with Crippen LogP contribution in [-0.2, 0) is 26.1 Å². The lowest BCUT2D eigenvalue weighted by Crippen LogP contribution is -2.43. The van der Waals surface area contributed by atoms with Crippen molar-refractivity contribution in [2.75, 3.05) is 45.7 Å². The molecule has 1 unspecified atom stereocenters. The Morgan fingerprint density at radius 1 is 1.03 bits per heavy atom. The largest absolute Gasteiger partial charge is 0.378 e. The summed E-state index contributed by atoms with van der Waals surface area (Å²) in [5.41, 5.74) is 2.07. The Balaban J connectivity index is 1.73. The number of likely N-dealkylation sites (N-methyl/N-ethyl adjacent to an activating group) is 1. The normalized spacial score (nSPS) is 16.5. The molecule has 2 aromatic rings. The van der Waals surface area contributed by atoms with Gasteiger partial charge in [0.05, 0.1) is 17.5 Å². The van der Waals surface area contributed by atoms with Crippen molar-refractivity contribution in [2.24, 2.45) is 0 Å². The minimum Gasteiger partial charge on any atom is -0.378 e. The number of benzene rings is 2. The van der Waals surface area contributed by atoms with Gasteiger partial charge in [0, 0.05) is 46.5 Å². The highest BCUT2D eigenvalue weighted by Crippen LogP contribution is 2.19. The topological polar surface area (TPSA) is 70.2 Å². The van der Waals surface area contributed by atoms with E-state index in [2.05, 4.69) is 0 Å². The molecule has 1 aliphatic heterocycles. The lowest BCUT2D eigenvalue weighted by Gasteiger charge is -2.28. The number of hydrogen-bond donors (Lipinski definition) is 0. The van der Waals surface area contributed by atoms with E-state index < -0.39 is 10.0 Å². The maximum absolute atomic E-state index is 13.2. The van der Waals surface area contributed by atoms with E-state index in [4.69, 9.17) is 4.74 Å². The second kappa shape index (κ2) is 10.3. The zero-order chi connectivity index (χ0) is 22.4. The standard InChI is InChI=1S/C23H31N3O4S/c1-24(2)20-13-11-19(12-14-20)16-26(17-21-8-7-15-30-21)23(27)18-25(3)31(28,29)22-9-5-4-6-10-22/h4-6,9-14,21H,7-8,15-18H2,1-3H3. The Labute approximate surface area is 185 Å². The third-order valence-electron chi connectivity index (χ3n) is 5.44. The van der Waals surface area contributed by atoms with Gasteiger partial charge in [-0.15, -0.1) is 0 Å². The predicted molar refractivity (Wildman–Crippen MR) is 121 cm³/mol. The number of sulfonamides is 1. The molecular weight excluding hydrogens is 414 g/mol. The summed E-state index contributed by atoms with van der Waals surface area (Å²) in [6.45, 7) is 1.34. The molecule has 1 amide bonds. The summed E-state index contributed by atoms with van der Waals surface area (Å²) in [6.07, 6.45) is 1.87. The smallest absolute Gasteiger partial charge is 0.243 e. The molecule has 0 N–H and O–H groups in total. The number of carbonyl (C=O) groups excluding carboxylic acids is 1. The van der Waals surface area contributed by atoms with Gasteiger partial charge in [-0.2, -0.15) is 4.31 Å². The summed E-state index contributed by atoms with van der Waals surface area (Å²) in [7, 11) is 1.66. The van der Waals surface area contributed by atoms with Crippen LogP contribution in [0.15, 0.2) is 59.5 Å². The summed E-state index contributed by atoms with van der Waals surface area (Å²) >= 11 is 0. The molecule has 31 heavy (non-hydrogen) atoms. The van der Waals surface area contributed by atoms with Gasteiger partial charge in [0.1, 0.15) is 0 Å². The molecule has 0 aliphatic carbocycles. The van der Waals surface area contributed by atoms with Crippen LogP contribution in [0.1, 0.15) is 18.4 Å². The molecule has 7 nitrogen and oxygen atoms in total. The van der Waals surface area contributed by atoms with Gasteiger partial charge in [0.2, 0.25) is 15.9 Å². The van der Waals surface area contributed by atoms with Crippen LogP contribution in [0.25, 0.3) is 0 Å². The van der Waals surface area contributed by atoms with E-state index in [0.29, 0.717) is 19.7 Å². The summed E-state index contributed by atoms with van der Waals surface area (Å²) in [4.78, 5) is 17.1. The fourth-order valence-electron chi connectivity index (χ4n) is 3.56. The molecule has 0 saturated carbocycles. The lowest BCUT2D eigenvalue weighted by molar-refractivity contribution is -0.133. The molecule has 1 saturated heterocycles. The first-order chi connectivity index (χ1) is 14.8. The van der Waals surface area contributed by atoms with Crippen LogP contribution in [0.5, 0.6) is 0 Å². The molecule has 0 spiro atoms. The Bertz CT molecular complexity index is 956. The molecule has 8 heteroatoms. The highest BCUT2D eigenvalue weighted by atomic mass is 32.2. The fraction of sp³-hybridized carbons (Fsp3) is 0.435. The Hall–Kier alpha value is -2.42. The minimum absolute atomic E-state index is 0.0129. The third-order valence-corrected chi connectivity index (χ3v) is 7.25. The van der Waals surface area contributed by atoms with Crippen molar-refractivity contribution >= 4 is 21.6 Å². The van der Waals surface area contributed by atoms with E-state index >= 15 is 0 Å². The van der Waals surface area contributed by atoms with Gasteiger partial charge >= 0.3 is 0 Å². The van der Waals surface area contributed by atoms with Gasteiger partial charge in [0.15, 0.2) is 0 Å². The van der Waals surface area contributed by atoms with Crippen molar-refractivity contribution in [3.63, 3.8) is 0 Å². The SMILES string of the molecule is CN(C)c1ccc(CN(CC2CCCO2)C(=O)CN(C)S(=O)(=O)c2ccccc2)cc1. The van der Waals surface area contributed by atoms with E-state index in [9.17, 15) is 13.2 Å². The van der Waals surface area contributed by atoms with Crippen LogP contribution in [0.3, 0.4) is 0 Å². The van der Waals surface area contributed by atoms with Crippen molar-refractivity contribution in [3.05, 3.63) is 60.2 Å². The predicted octanol–water partition coefficient (Wildman–Crippen LogP) is 2.58. The van der Waals surface area contributed by atoms with E-state index in [-0.39, 0.29) is 23.5 Å². The average molecular weight is 446 g/mol. The number of carbonyl (C=O) groups is 1. The molecule has 0 bridgehead atoms. The van der Waals surface area contributed by atoms with E-state index in [1.807, 2.05) is 43.3 Å². The lowest BCUT2D eigenvalue weighted by atomic mass is 10.1. The van der Waals surface area contributed by atoms with Crippen LogP contribution in [-0.4, -0.2) is 70.5 Å². The average Bonchev–Trinajstić information content (AvgIpc) is 3.27. The highest BCUT2D eigenvalue weighted by molar-refractivity contribution is 7.89. The van der Waals surface area contributed by atoms with Crippen molar-refractivity contribution in [1.29, 1.82) is 0 Å². The first-order valence-corrected chi connectivity index (χ1v) is 11.9. The minimum atomic E-state index is -3.73. The maximum atomic E-state index is 13.2. The fourth-order valence-corrected chi connectivity index (χ4v) is 4.70. The molecule has 2 aromatic carbocycles. The first-order valence-electron chi connectivity index (χ1n) is 10.4. The van der Waals surface area contributed by atoms with Crippen LogP contribution in [0, 0.1) is 0 Å². The third kappa shape index (κ3) is 6.06. The van der Waals surface area contributed by atoms with Gasteiger partial charge in [-0.25, -0.2) is 8.42 Å². The van der Waals surface area contributed by atoms with Crippen LogP contribution in [0.4, 0.5) is 5.69 Å². The molecule has 1 atom stereocenters.